The number of pyridine rings is 1. The van der Waals surface area contributed by atoms with Gasteiger partial charge in [0.2, 0.25) is 5.92 Å². The quantitative estimate of drug-likeness (QED) is 0.318. The van der Waals surface area contributed by atoms with E-state index in [9.17, 15) is 26.3 Å². The summed E-state index contributed by atoms with van der Waals surface area (Å²) in [6.45, 7) is 3.98. The highest BCUT2D eigenvalue weighted by Crippen LogP contribution is 2.44. The average molecular weight is 525 g/mol. The molecule has 0 saturated heterocycles. The van der Waals surface area contributed by atoms with Gasteiger partial charge in [0.25, 0.3) is 0 Å². The molecule has 4 rings (SSSR count). The lowest BCUT2D eigenvalue weighted by atomic mass is 9.79. The van der Waals surface area contributed by atoms with Gasteiger partial charge in [-0.05, 0) is 47.9 Å². The lowest BCUT2D eigenvalue weighted by Gasteiger charge is -2.38. The van der Waals surface area contributed by atoms with Gasteiger partial charge in [-0.1, -0.05) is 48.5 Å². The van der Waals surface area contributed by atoms with Gasteiger partial charge in [0.05, 0.1) is 16.3 Å². The van der Waals surface area contributed by atoms with Crippen LogP contribution in [0.15, 0.2) is 79.1 Å². The molecule has 1 unspecified atom stereocenters. The predicted molar refractivity (Wildman–Crippen MR) is 126 cm³/mol. The van der Waals surface area contributed by atoms with E-state index >= 15 is 0 Å². The number of hydrogen-bond acceptors (Lipinski definition) is 2. The van der Waals surface area contributed by atoms with Crippen LogP contribution in [-0.2, 0) is 18.1 Å². The second-order valence-corrected chi connectivity index (χ2v) is 9.54. The van der Waals surface area contributed by atoms with E-state index in [4.69, 9.17) is 11.6 Å². The minimum Gasteiger partial charge on any atom is -0.374 e. The minimum absolute atomic E-state index is 0.0331. The molecule has 1 aliphatic carbocycles. The van der Waals surface area contributed by atoms with E-state index in [1.54, 1.807) is 30.3 Å². The van der Waals surface area contributed by atoms with Crippen molar-refractivity contribution >= 4 is 11.6 Å². The standard InChI is InChI=1S/C27H23ClF6N2/c1-17(19-9-10-25(30,31)15-19)36-26(14-18-5-3-2-4-6-18,24-8-7-22(28)16-35-24)20-11-21(27(32,33)34)13-23(29)12-20/h2-8,11-13,16,19,36H,1,9-10,14-15H2/t19?,26-/m0/s1. The number of benzene rings is 2. The zero-order chi connectivity index (χ0) is 26.1. The van der Waals surface area contributed by atoms with Gasteiger partial charge in [0, 0.05) is 37.1 Å². The second kappa shape index (κ2) is 9.81. The molecule has 0 radical (unpaired) electrons. The van der Waals surface area contributed by atoms with Crippen molar-refractivity contribution in [2.75, 3.05) is 0 Å². The zero-order valence-corrected chi connectivity index (χ0v) is 19.8. The summed E-state index contributed by atoms with van der Waals surface area (Å²) in [6, 6.07) is 14.1. The van der Waals surface area contributed by atoms with Crippen LogP contribution in [0.1, 0.15) is 41.6 Å². The summed E-state index contributed by atoms with van der Waals surface area (Å²) in [6.07, 6.45) is -4.05. The van der Waals surface area contributed by atoms with Gasteiger partial charge >= 0.3 is 6.18 Å². The molecule has 0 spiro atoms. The van der Waals surface area contributed by atoms with Crippen LogP contribution in [0.2, 0.25) is 5.02 Å². The Morgan fingerprint density at radius 2 is 1.75 bits per heavy atom. The molecule has 9 heteroatoms. The number of nitrogens with zero attached hydrogens (tertiary/aromatic N) is 1. The summed E-state index contributed by atoms with van der Waals surface area (Å²) in [7, 11) is 0. The van der Waals surface area contributed by atoms with Crippen molar-refractivity contribution in [3.63, 3.8) is 0 Å². The molecular weight excluding hydrogens is 502 g/mol. The predicted octanol–water partition coefficient (Wildman–Crippen LogP) is 7.92. The maximum Gasteiger partial charge on any atom is 0.416 e. The van der Waals surface area contributed by atoms with E-state index in [1.807, 2.05) is 0 Å². The summed E-state index contributed by atoms with van der Waals surface area (Å²) >= 11 is 6.03. The van der Waals surface area contributed by atoms with Crippen LogP contribution in [0.3, 0.4) is 0 Å². The molecule has 2 aromatic carbocycles. The zero-order valence-electron chi connectivity index (χ0n) is 19.1. The fraction of sp³-hybridized carbons (Fsp3) is 0.296. The van der Waals surface area contributed by atoms with Crippen molar-refractivity contribution in [1.29, 1.82) is 0 Å². The van der Waals surface area contributed by atoms with E-state index in [0.717, 1.165) is 12.1 Å². The van der Waals surface area contributed by atoms with Crippen molar-refractivity contribution in [2.45, 2.75) is 43.3 Å². The van der Waals surface area contributed by atoms with Crippen LogP contribution in [0.4, 0.5) is 26.3 Å². The third-order valence-corrected chi connectivity index (χ3v) is 6.69. The smallest absolute Gasteiger partial charge is 0.374 e. The summed E-state index contributed by atoms with van der Waals surface area (Å²) in [5, 5.41) is 3.44. The molecule has 2 atom stereocenters. The fourth-order valence-electron chi connectivity index (χ4n) is 4.67. The normalized spacial score (nSPS) is 19.0. The number of alkyl halides is 5. The fourth-order valence-corrected chi connectivity index (χ4v) is 4.79. The van der Waals surface area contributed by atoms with Crippen LogP contribution in [0, 0.1) is 11.7 Å². The van der Waals surface area contributed by atoms with Crippen LogP contribution < -0.4 is 5.32 Å². The van der Waals surface area contributed by atoms with Gasteiger partial charge < -0.3 is 5.32 Å². The first-order valence-electron chi connectivity index (χ1n) is 11.3. The van der Waals surface area contributed by atoms with Gasteiger partial charge in [-0.2, -0.15) is 13.2 Å². The van der Waals surface area contributed by atoms with Crippen LogP contribution in [0.25, 0.3) is 0 Å². The van der Waals surface area contributed by atoms with Gasteiger partial charge in [0.15, 0.2) is 0 Å². The van der Waals surface area contributed by atoms with E-state index in [-0.39, 0.29) is 41.2 Å². The van der Waals surface area contributed by atoms with E-state index in [1.165, 1.54) is 18.3 Å². The van der Waals surface area contributed by atoms with Crippen molar-refractivity contribution in [3.05, 3.63) is 112 Å². The Hall–Kier alpha value is -3.00. The topological polar surface area (TPSA) is 24.9 Å². The molecule has 1 aliphatic rings. The molecule has 0 bridgehead atoms. The molecule has 1 aromatic heterocycles. The lowest BCUT2D eigenvalue weighted by molar-refractivity contribution is -0.137. The maximum atomic E-state index is 14.7. The molecule has 1 heterocycles. The van der Waals surface area contributed by atoms with Crippen molar-refractivity contribution in [3.8, 4) is 0 Å². The van der Waals surface area contributed by atoms with E-state index in [0.29, 0.717) is 11.6 Å². The molecule has 3 aromatic rings. The first-order valence-corrected chi connectivity index (χ1v) is 11.6. The average Bonchev–Trinajstić information content (AvgIpc) is 3.18. The highest BCUT2D eigenvalue weighted by Gasteiger charge is 2.44. The third kappa shape index (κ3) is 5.69. The highest BCUT2D eigenvalue weighted by molar-refractivity contribution is 6.30. The Morgan fingerprint density at radius 3 is 2.33 bits per heavy atom. The number of halogens is 7. The molecular formula is C27H23ClF6N2. The highest BCUT2D eigenvalue weighted by atomic mass is 35.5. The molecule has 1 N–H and O–H groups in total. The minimum atomic E-state index is -4.81. The molecule has 0 amide bonds. The number of aromatic nitrogens is 1. The first-order chi connectivity index (χ1) is 16.9. The van der Waals surface area contributed by atoms with Gasteiger partial charge in [-0.15, -0.1) is 0 Å². The SMILES string of the molecule is C=C(N[C@@](Cc1ccccc1)(c1cc(F)cc(C(F)(F)F)c1)c1ccc(Cl)cn1)C1CCC(F)(F)C1. The van der Waals surface area contributed by atoms with Crippen LogP contribution in [0.5, 0.6) is 0 Å². The van der Waals surface area contributed by atoms with Crippen LogP contribution >= 0.6 is 11.6 Å². The molecule has 190 valence electrons. The van der Waals surface area contributed by atoms with Gasteiger partial charge in [-0.3, -0.25) is 4.98 Å². The Labute approximate surface area is 210 Å². The Kier molecular flexibility index (Phi) is 7.10. The molecule has 1 saturated carbocycles. The largest absolute Gasteiger partial charge is 0.416 e. The maximum absolute atomic E-state index is 14.7. The van der Waals surface area contributed by atoms with Gasteiger partial charge in [-0.25, -0.2) is 13.2 Å². The number of rotatable bonds is 7. The molecule has 2 nitrogen and oxygen atoms in total. The third-order valence-electron chi connectivity index (χ3n) is 6.47. The summed E-state index contributed by atoms with van der Waals surface area (Å²) < 4.78 is 83.7. The molecule has 0 aliphatic heterocycles. The van der Waals surface area contributed by atoms with Crippen molar-refractivity contribution in [2.24, 2.45) is 5.92 Å². The lowest BCUT2D eigenvalue weighted by Crippen LogP contribution is -2.47. The van der Waals surface area contributed by atoms with Gasteiger partial charge in [0.1, 0.15) is 11.4 Å². The number of hydrogen-bond donors (Lipinski definition) is 1. The monoisotopic (exact) mass is 524 g/mol. The Morgan fingerprint density at radius 1 is 1.06 bits per heavy atom. The summed E-state index contributed by atoms with van der Waals surface area (Å²) in [5.74, 6) is -4.58. The van der Waals surface area contributed by atoms with Crippen molar-refractivity contribution in [1.82, 2.24) is 10.3 Å². The number of allylic oxidation sites excluding steroid dienone is 1. The Bertz CT molecular complexity index is 1230. The summed E-state index contributed by atoms with van der Waals surface area (Å²) in [4.78, 5) is 4.37. The molecule has 36 heavy (non-hydrogen) atoms. The van der Waals surface area contributed by atoms with Crippen molar-refractivity contribution < 1.29 is 26.3 Å². The second-order valence-electron chi connectivity index (χ2n) is 9.10. The van der Waals surface area contributed by atoms with Crippen LogP contribution in [-0.4, -0.2) is 10.9 Å². The van der Waals surface area contributed by atoms with E-state index < -0.39 is 41.4 Å². The van der Waals surface area contributed by atoms with E-state index in [2.05, 4.69) is 16.9 Å². The number of nitrogens with one attached hydrogen (secondary N) is 1. The Balaban J connectivity index is 1.92. The summed E-state index contributed by atoms with van der Waals surface area (Å²) in [5.41, 5.74) is -1.66. The molecule has 1 fully saturated rings. The first kappa shape index (κ1) is 26.1.